The molecule has 0 unspecified atom stereocenters. The van der Waals surface area contributed by atoms with E-state index in [1.165, 1.54) is 11.3 Å². The third-order valence-electron chi connectivity index (χ3n) is 2.88. The molecule has 0 radical (unpaired) electrons. The number of hydrogen-bond acceptors (Lipinski definition) is 4. The number of benzene rings is 1. The zero-order valence-corrected chi connectivity index (χ0v) is 15.0. The summed E-state index contributed by atoms with van der Waals surface area (Å²) in [6.07, 6.45) is 0.689. The molecule has 1 heterocycles. The summed E-state index contributed by atoms with van der Waals surface area (Å²) in [5, 5.41) is 3.62. The number of nitrogens with zero attached hydrogens (tertiary/aromatic N) is 2. The minimum atomic E-state index is -0.124. The summed E-state index contributed by atoms with van der Waals surface area (Å²) < 4.78 is 0. The highest BCUT2D eigenvalue weighted by Crippen LogP contribution is 2.23. The van der Waals surface area contributed by atoms with Crippen LogP contribution in [0, 0.1) is 0 Å². The topological polar surface area (TPSA) is 59.2 Å². The van der Waals surface area contributed by atoms with E-state index in [1.807, 2.05) is 6.07 Å². The van der Waals surface area contributed by atoms with Gasteiger partial charge in [-0.1, -0.05) is 29.3 Å². The molecular formula is C14H16Cl3N3OS. The molecule has 22 heavy (non-hydrogen) atoms. The van der Waals surface area contributed by atoms with Crippen molar-refractivity contribution in [3.05, 3.63) is 49.9 Å². The summed E-state index contributed by atoms with van der Waals surface area (Å²) in [6.45, 7) is 0.972. The molecule has 0 spiro atoms. The monoisotopic (exact) mass is 379 g/mol. The minimum Gasteiger partial charge on any atom is -0.336 e. The Kier molecular flexibility index (Phi) is 7.59. The molecule has 1 amide bonds. The number of carbonyl (C=O) groups is 1. The van der Waals surface area contributed by atoms with Crippen LogP contribution >= 0.6 is 46.9 Å². The lowest BCUT2D eigenvalue weighted by molar-refractivity contribution is 0.0780. The van der Waals surface area contributed by atoms with Gasteiger partial charge in [-0.25, -0.2) is 4.98 Å². The summed E-state index contributed by atoms with van der Waals surface area (Å²) in [4.78, 5) is 18.2. The molecule has 0 fully saturated rings. The molecule has 0 aliphatic rings. The quantitative estimate of drug-likeness (QED) is 0.861. The van der Waals surface area contributed by atoms with E-state index in [1.54, 1.807) is 29.5 Å². The SMILES string of the molecule is CN(Cc1ccc(Cl)c(Cl)c1)C(=O)c1csc(CCN)n1.Cl. The van der Waals surface area contributed by atoms with E-state index in [4.69, 9.17) is 28.9 Å². The molecule has 1 aromatic carbocycles. The van der Waals surface area contributed by atoms with Crippen molar-refractivity contribution in [3.63, 3.8) is 0 Å². The van der Waals surface area contributed by atoms with E-state index in [0.717, 1.165) is 10.6 Å². The first kappa shape index (κ1) is 19.2. The van der Waals surface area contributed by atoms with Crippen molar-refractivity contribution in [1.29, 1.82) is 0 Å². The Morgan fingerprint density at radius 1 is 1.36 bits per heavy atom. The van der Waals surface area contributed by atoms with Crippen LogP contribution in [0.5, 0.6) is 0 Å². The van der Waals surface area contributed by atoms with Crippen LogP contribution in [0.4, 0.5) is 0 Å². The molecule has 120 valence electrons. The highest BCUT2D eigenvalue weighted by molar-refractivity contribution is 7.09. The van der Waals surface area contributed by atoms with Crippen LogP contribution in [0.15, 0.2) is 23.6 Å². The Balaban J connectivity index is 0.00000242. The maximum Gasteiger partial charge on any atom is 0.273 e. The van der Waals surface area contributed by atoms with Gasteiger partial charge >= 0.3 is 0 Å². The van der Waals surface area contributed by atoms with Crippen molar-refractivity contribution in [2.75, 3.05) is 13.6 Å². The van der Waals surface area contributed by atoms with Gasteiger partial charge in [0.15, 0.2) is 0 Å². The average Bonchev–Trinajstić information content (AvgIpc) is 2.91. The van der Waals surface area contributed by atoms with Gasteiger partial charge in [-0.05, 0) is 24.2 Å². The lowest BCUT2D eigenvalue weighted by atomic mass is 10.2. The van der Waals surface area contributed by atoms with Crippen molar-refractivity contribution in [2.45, 2.75) is 13.0 Å². The van der Waals surface area contributed by atoms with E-state index >= 15 is 0 Å². The van der Waals surface area contributed by atoms with Gasteiger partial charge in [0.2, 0.25) is 0 Å². The van der Waals surface area contributed by atoms with Crippen LogP contribution in [0.25, 0.3) is 0 Å². The molecular weight excluding hydrogens is 365 g/mol. The van der Waals surface area contributed by atoms with Gasteiger partial charge in [0.25, 0.3) is 5.91 Å². The molecule has 0 bridgehead atoms. The molecule has 2 aromatic rings. The third-order valence-corrected chi connectivity index (χ3v) is 4.53. The van der Waals surface area contributed by atoms with Crippen molar-refractivity contribution >= 4 is 52.9 Å². The second-order valence-electron chi connectivity index (χ2n) is 4.57. The van der Waals surface area contributed by atoms with Crippen LogP contribution < -0.4 is 5.73 Å². The smallest absolute Gasteiger partial charge is 0.273 e. The van der Waals surface area contributed by atoms with Crippen molar-refractivity contribution in [3.8, 4) is 0 Å². The standard InChI is InChI=1S/C14H15Cl2N3OS.ClH/c1-19(7-9-2-3-10(15)11(16)6-9)14(20)12-8-21-13(18-12)4-5-17;/h2-3,6,8H,4-5,7,17H2,1H3;1H. The third kappa shape index (κ3) is 4.83. The van der Waals surface area contributed by atoms with Crippen LogP contribution in [0.2, 0.25) is 10.0 Å². The van der Waals surface area contributed by atoms with Gasteiger partial charge < -0.3 is 10.6 Å². The molecule has 0 aliphatic carbocycles. The summed E-state index contributed by atoms with van der Waals surface area (Å²) in [5.74, 6) is -0.124. The Labute approximate surface area is 149 Å². The summed E-state index contributed by atoms with van der Waals surface area (Å²) in [7, 11) is 1.73. The molecule has 4 nitrogen and oxygen atoms in total. The second kappa shape index (κ2) is 8.70. The van der Waals surface area contributed by atoms with Crippen molar-refractivity contribution in [2.24, 2.45) is 5.73 Å². The molecule has 0 atom stereocenters. The predicted molar refractivity (Wildman–Crippen MR) is 94.4 cm³/mol. The van der Waals surface area contributed by atoms with Gasteiger partial charge in [0, 0.05) is 25.4 Å². The van der Waals surface area contributed by atoms with Gasteiger partial charge in [0.1, 0.15) is 5.69 Å². The van der Waals surface area contributed by atoms with Crippen LogP contribution in [-0.4, -0.2) is 29.4 Å². The van der Waals surface area contributed by atoms with Crippen LogP contribution in [-0.2, 0) is 13.0 Å². The Hall–Kier alpha value is -0.850. The fraction of sp³-hybridized carbons (Fsp3) is 0.286. The number of aromatic nitrogens is 1. The number of rotatable bonds is 5. The first-order chi connectivity index (χ1) is 10.0. The Morgan fingerprint density at radius 3 is 2.73 bits per heavy atom. The van der Waals surface area contributed by atoms with Crippen LogP contribution in [0.1, 0.15) is 21.1 Å². The predicted octanol–water partition coefficient (Wildman–Crippen LogP) is 3.65. The molecule has 1 aromatic heterocycles. The largest absolute Gasteiger partial charge is 0.336 e. The first-order valence-corrected chi connectivity index (χ1v) is 7.98. The molecule has 0 aliphatic heterocycles. The van der Waals surface area contributed by atoms with E-state index in [0.29, 0.717) is 35.2 Å². The molecule has 0 saturated carbocycles. The van der Waals surface area contributed by atoms with Crippen LogP contribution in [0.3, 0.4) is 0 Å². The lowest BCUT2D eigenvalue weighted by Gasteiger charge is -2.16. The summed E-state index contributed by atoms with van der Waals surface area (Å²) in [6, 6.07) is 5.33. The second-order valence-corrected chi connectivity index (χ2v) is 6.33. The van der Waals surface area contributed by atoms with E-state index in [2.05, 4.69) is 4.98 Å². The normalized spacial score (nSPS) is 10.2. The van der Waals surface area contributed by atoms with Gasteiger partial charge in [0.05, 0.1) is 15.1 Å². The first-order valence-electron chi connectivity index (χ1n) is 6.35. The number of carbonyl (C=O) groups excluding carboxylic acids is 1. The minimum absolute atomic E-state index is 0. The number of amides is 1. The van der Waals surface area contributed by atoms with E-state index in [9.17, 15) is 4.79 Å². The zero-order valence-electron chi connectivity index (χ0n) is 11.9. The molecule has 0 saturated heterocycles. The van der Waals surface area contributed by atoms with Gasteiger partial charge in [-0.2, -0.15) is 0 Å². The number of nitrogens with two attached hydrogens (primary N) is 1. The lowest BCUT2D eigenvalue weighted by Crippen LogP contribution is -2.26. The summed E-state index contributed by atoms with van der Waals surface area (Å²) >= 11 is 13.3. The highest BCUT2D eigenvalue weighted by Gasteiger charge is 2.16. The number of halogens is 3. The van der Waals surface area contributed by atoms with E-state index < -0.39 is 0 Å². The number of hydrogen-bond donors (Lipinski definition) is 1. The Bertz CT molecular complexity index is 648. The van der Waals surface area contributed by atoms with E-state index in [-0.39, 0.29) is 18.3 Å². The maximum atomic E-state index is 12.3. The highest BCUT2D eigenvalue weighted by atomic mass is 35.5. The molecule has 8 heteroatoms. The fourth-order valence-corrected chi connectivity index (χ4v) is 2.94. The van der Waals surface area contributed by atoms with Crippen molar-refractivity contribution < 1.29 is 4.79 Å². The molecule has 2 N–H and O–H groups in total. The molecule has 2 rings (SSSR count). The van der Waals surface area contributed by atoms with Gasteiger partial charge in [-0.15, -0.1) is 23.7 Å². The Morgan fingerprint density at radius 2 is 2.09 bits per heavy atom. The number of thiazole rings is 1. The summed E-state index contributed by atoms with van der Waals surface area (Å²) in [5.41, 5.74) is 6.85. The zero-order chi connectivity index (χ0) is 15.4. The van der Waals surface area contributed by atoms with Crippen molar-refractivity contribution in [1.82, 2.24) is 9.88 Å². The average molecular weight is 381 g/mol. The fourth-order valence-electron chi connectivity index (χ4n) is 1.83. The maximum absolute atomic E-state index is 12.3. The van der Waals surface area contributed by atoms with Gasteiger partial charge in [-0.3, -0.25) is 4.79 Å².